The summed E-state index contributed by atoms with van der Waals surface area (Å²) >= 11 is 5.97. The Hall–Kier alpha value is -2.55. The van der Waals surface area contributed by atoms with E-state index in [1.54, 1.807) is 7.05 Å². The number of halogens is 4. The minimum atomic E-state index is -1.70. The second-order valence-electron chi connectivity index (χ2n) is 6.03. The topological polar surface area (TPSA) is 67.2 Å². The van der Waals surface area contributed by atoms with E-state index in [0.29, 0.717) is 16.9 Å². The number of hydrogen-bond donors (Lipinski definition) is 1. The lowest BCUT2D eigenvalue weighted by atomic mass is 9.91. The Labute approximate surface area is 151 Å². The number of rotatable bonds is 3. The summed E-state index contributed by atoms with van der Waals surface area (Å²) in [5.41, 5.74) is -0.116. The highest BCUT2D eigenvalue weighted by molar-refractivity contribution is 6.29. The molecule has 1 saturated heterocycles. The number of carbonyl (C=O) groups excluding carboxylic acids is 2. The smallest absolute Gasteiger partial charge is 0.237 e. The van der Waals surface area contributed by atoms with Crippen molar-refractivity contribution in [3.63, 3.8) is 0 Å². The van der Waals surface area contributed by atoms with Crippen molar-refractivity contribution in [2.45, 2.75) is 5.92 Å². The van der Waals surface area contributed by atoms with E-state index in [9.17, 15) is 22.8 Å². The first-order chi connectivity index (χ1) is 12.2. The molecule has 3 rings (SSSR count). The third kappa shape index (κ3) is 3.03. The molecule has 138 valence electrons. The fraction of sp³-hybridized carbons (Fsp3) is 0.312. The summed E-state index contributed by atoms with van der Waals surface area (Å²) in [7, 11) is 3.13. The Balaban J connectivity index is 1.90. The molecule has 1 aromatic carbocycles. The van der Waals surface area contributed by atoms with E-state index in [-0.39, 0.29) is 6.54 Å². The SMILES string of the molecule is CN1C[C@H](c2cc(Cl)n(C)n2)[C@@H](C(=O)Nc2ccc(F)c(F)c2F)C1=O. The second kappa shape index (κ2) is 6.64. The van der Waals surface area contributed by atoms with Crippen LogP contribution in [0.5, 0.6) is 0 Å². The predicted octanol–water partition coefficient (Wildman–Crippen LogP) is 2.30. The van der Waals surface area contributed by atoms with E-state index in [1.165, 1.54) is 22.7 Å². The van der Waals surface area contributed by atoms with E-state index in [0.717, 1.165) is 6.07 Å². The molecule has 0 radical (unpaired) electrons. The highest BCUT2D eigenvalue weighted by Crippen LogP contribution is 2.34. The summed E-state index contributed by atoms with van der Waals surface area (Å²) < 4.78 is 41.6. The van der Waals surface area contributed by atoms with Gasteiger partial charge in [-0.2, -0.15) is 5.10 Å². The molecule has 0 bridgehead atoms. The molecule has 1 aromatic heterocycles. The van der Waals surface area contributed by atoms with Gasteiger partial charge in [-0.3, -0.25) is 14.3 Å². The van der Waals surface area contributed by atoms with Crippen LogP contribution in [0.2, 0.25) is 5.15 Å². The van der Waals surface area contributed by atoms with Crippen LogP contribution in [0.15, 0.2) is 18.2 Å². The van der Waals surface area contributed by atoms with Gasteiger partial charge in [0.05, 0.1) is 11.4 Å². The van der Waals surface area contributed by atoms with Crippen LogP contribution in [-0.2, 0) is 16.6 Å². The number of aryl methyl sites for hydroxylation is 1. The summed E-state index contributed by atoms with van der Waals surface area (Å²) in [6.07, 6.45) is 0. The van der Waals surface area contributed by atoms with Gasteiger partial charge in [0.2, 0.25) is 11.8 Å². The van der Waals surface area contributed by atoms with Crippen molar-refractivity contribution >= 4 is 29.1 Å². The minimum absolute atomic E-state index is 0.213. The van der Waals surface area contributed by atoms with Crippen LogP contribution in [-0.4, -0.2) is 40.1 Å². The Morgan fingerprint density at radius 2 is 1.96 bits per heavy atom. The molecule has 2 aromatic rings. The number of nitrogens with zero attached hydrogens (tertiary/aromatic N) is 3. The first-order valence-corrected chi connectivity index (χ1v) is 7.97. The molecule has 0 saturated carbocycles. The monoisotopic (exact) mass is 386 g/mol. The molecule has 1 fully saturated rings. The highest BCUT2D eigenvalue weighted by atomic mass is 35.5. The normalized spacial score (nSPS) is 19.9. The maximum absolute atomic E-state index is 13.8. The molecule has 2 amide bonds. The van der Waals surface area contributed by atoms with Crippen molar-refractivity contribution in [1.82, 2.24) is 14.7 Å². The number of likely N-dealkylation sites (tertiary alicyclic amines) is 1. The van der Waals surface area contributed by atoms with Crippen molar-refractivity contribution in [3.8, 4) is 0 Å². The number of hydrogen-bond acceptors (Lipinski definition) is 3. The molecule has 1 aliphatic rings. The third-order valence-electron chi connectivity index (χ3n) is 4.31. The van der Waals surface area contributed by atoms with E-state index < -0.39 is 46.8 Å². The van der Waals surface area contributed by atoms with E-state index in [4.69, 9.17) is 11.6 Å². The zero-order valence-electron chi connectivity index (χ0n) is 13.8. The first-order valence-electron chi connectivity index (χ1n) is 7.59. The minimum Gasteiger partial charge on any atom is -0.344 e. The molecule has 10 heteroatoms. The van der Waals surface area contributed by atoms with Crippen LogP contribution in [0.1, 0.15) is 11.6 Å². The second-order valence-corrected chi connectivity index (χ2v) is 6.42. The molecule has 2 heterocycles. The Morgan fingerprint density at radius 1 is 1.27 bits per heavy atom. The molecule has 6 nitrogen and oxygen atoms in total. The van der Waals surface area contributed by atoms with Crippen LogP contribution in [0.25, 0.3) is 0 Å². The lowest BCUT2D eigenvalue weighted by Crippen LogP contribution is -2.33. The maximum Gasteiger partial charge on any atom is 0.237 e. The standard InChI is InChI=1S/C16H14ClF3N4O2/c1-23-6-7(10-5-11(17)24(2)22-10)12(16(23)26)15(25)21-9-4-3-8(18)13(19)14(9)20/h3-5,7,12H,6H2,1-2H3,(H,21,25)/t7-,12+/m1/s1. The van der Waals surface area contributed by atoms with Crippen molar-refractivity contribution < 1.29 is 22.8 Å². The van der Waals surface area contributed by atoms with Gasteiger partial charge in [0, 0.05) is 26.6 Å². The molecular formula is C16H14ClF3N4O2. The van der Waals surface area contributed by atoms with Crippen molar-refractivity contribution in [3.05, 3.63) is 46.5 Å². The fourth-order valence-corrected chi connectivity index (χ4v) is 3.09. The van der Waals surface area contributed by atoms with Gasteiger partial charge >= 0.3 is 0 Å². The predicted molar refractivity (Wildman–Crippen MR) is 87.0 cm³/mol. The van der Waals surface area contributed by atoms with Crippen LogP contribution in [0.3, 0.4) is 0 Å². The quantitative estimate of drug-likeness (QED) is 0.650. The number of nitrogens with one attached hydrogen (secondary N) is 1. The Kier molecular flexibility index (Phi) is 4.66. The molecule has 26 heavy (non-hydrogen) atoms. The van der Waals surface area contributed by atoms with Crippen LogP contribution in [0.4, 0.5) is 18.9 Å². The summed E-state index contributed by atoms with van der Waals surface area (Å²) in [6, 6.07) is 3.12. The zero-order chi connectivity index (χ0) is 19.2. The maximum atomic E-state index is 13.8. The lowest BCUT2D eigenvalue weighted by Gasteiger charge is -2.15. The van der Waals surface area contributed by atoms with Gasteiger partial charge in [-0.15, -0.1) is 0 Å². The number of benzene rings is 1. The third-order valence-corrected chi connectivity index (χ3v) is 4.67. The van der Waals surface area contributed by atoms with Crippen LogP contribution >= 0.6 is 11.6 Å². The van der Waals surface area contributed by atoms with E-state index in [2.05, 4.69) is 10.4 Å². The summed E-state index contributed by atoms with van der Waals surface area (Å²) in [6.45, 7) is 0.213. The number of likely N-dealkylation sites (N-methyl/N-ethyl adjacent to an activating group) is 1. The number of carbonyl (C=O) groups is 2. The molecule has 1 aliphatic heterocycles. The molecular weight excluding hydrogens is 373 g/mol. The van der Waals surface area contributed by atoms with Gasteiger partial charge in [-0.1, -0.05) is 11.6 Å². The van der Waals surface area contributed by atoms with Gasteiger partial charge in [-0.25, -0.2) is 13.2 Å². The summed E-state index contributed by atoms with van der Waals surface area (Å²) in [5, 5.41) is 6.67. The van der Waals surface area contributed by atoms with E-state index >= 15 is 0 Å². The number of amides is 2. The fourth-order valence-electron chi connectivity index (χ4n) is 2.94. The van der Waals surface area contributed by atoms with Gasteiger partial charge in [-0.05, 0) is 18.2 Å². The van der Waals surface area contributed by atoms with Crippen molar-refractivity contribution in [1.29, 1.82) is 0 Å². The molecule has 1 N–H and O–H groups in total. The molecule has 0 unspecified atom stereocenters. The zero-order valence-corrected chi connectivity index (χ0v) is 14.5. The summed E-state index contributed by atoms with van der Waals surface area (Å²) in [5.74, 6) is -7.75. The Morgan fingerprint density at radius 3 is 2.58 bits per heavy atom. The molecule has 2 atom stereocenters. The van der Waals surface area contributed by atoms with Gasteiger partial charge < -0.3 is 10.2 Å². The molecule has 0 aliphatic carbocycles. The summed E-state index contributed by atoms with van der Waals surface area (Å²) in [4.78, 5) is 26.3. The lowest BCUT2D eigenvalue weighted by molar-refractivity contribution is -0.135. The first kappa shape index (κ1) is 18.2. The molecule has 0 spiro atoms. The number of aromatic nitrogens is 2. The average molecular weight is 387 g/mol. The Bertz CT molecular complexity index is 882. The highest BCUT2D eigenvalue weighted by Gasteiger charge is 2.45. The van der Waals surface area contributed by atoms with Crippen molar-refractivity contribution in [2.75, 3.05) is 18.9 Å². The van der Waals surface area contributed by atoms with Gasteiger partial charge in [0.25, 0.3) is 0 Å². The van der Waals surface area contributed by atoms with Crippen LogP contribution < -0.4 is 5.32 Å². The van der Waals surface area contributed by atoms with Gasteiger partial charge in [0.1, 0.15) is 11.1 Å². The van der Waals surface area contributed by atoms with Crippen molar-refractivity contribution in [2.24, 2.45) is 13.0 Å². The number of anilines is 1. The van der Waals surface area contributed by atoms with E-state index in [1.807, 2.05) is 0 Å². The average Bonchev–Trinajstić information content (AvgIpc) is 3.08. The van der Waals surface area contributed by atoms with Gasteiger partial charge in [0.15, 0.2) is 17.5 Å². The largest absolute Gasteiger partial charge is 0.344 e. The van der Waals surface area contributed by atoms with Crippen LogP contribution in [0, 0.1) is 23.4 Å².